The Bertz CT molecular complexity index is 679. The molecule has 2 aromatic carbocycles. The summed E-state index contributed by atoms with van der Waals surface area (Å²) in [4.78, 5) is 0.127. The van der Waals surface area contributed by atoms with Crippen LogP contribution in [0.1, 0.15) is 12.5 Å². The minimum atomic E-state index is -3.65. The van der Waals surface area contributed by atoms with Gasteiger partial charge in [-0.3, -0.25) is 4.72 Å². The van der Waals surface area contributed by atoms with Gasteiger partial charge >= 0.3 is 0 Å². The fraction of sp³-hybridized carbons (Fsp3) is 0.200. The van der Waals surface area contributed by atoms with E-state index in [2.05, 4.69) is 4.72 Å². The van der Waals surface area contributed by atoms with Crippen LogP contribution in [0.15, 0.2) is 53.4 Å². The molecule has 0 bridgehead atoms. The third-order valence-electron chi connectivity index (χ3n) is 2.97. The zero-order valence-corrected chi connectivity index (χ0v) is 12.3. The van der Waals surface area contributed by atoms with Crippen molar-refractivity contribution < 1.29 is 13.2 Å². The monoisotopic (exact) mass is 291 g/mol. The second-order valence-corrected chi connectivity index (χ2v) is 5.96. The molecule has 20 heavy (non-hydrogen) atoms. The number of ether oxygens (including phenoxy) is 1. The van der Waals surface area contributed by atoms with Crippen LogP contribution in [0.25, 0.3) is 0 Å². The number of methoxy groups -OCH3 is 1. The van der Waals surface area contributed by atoms with Crippen LogP contribution in [-0.2, 0) is 16.4 Å². The first-order chi connectivity index (χ1) is 9.56. The van der Waals surface area contributed by atoms with E-state index in [-0.39, 0.29) is 4.90 Å². The quantitative estimate of drug-likeness (QED) is 0.921. The van der Waals surface area contributed by atoms with Crippen LogP contribution in [0.4, 0.5) is 5.69 Å². The summed E-state index contributed by atoms with van der Waals surface area (Å²) in [6, 6.07) is 13.8. The molecular weight excluding hydrogens is 274 g/mol. The van der Waals surface area contributed by atoms with Gasteiger partial charge in [0.1, 0.15) is 10.6 Å². The van der Waals surface area contributed by atoms with Crippen LogP contribution in [-0.4, -0.2) is 15.5 Å². The zero-order valence-electron chi connectivity index (χ0n) is 11.5. The van der Waals surface area contributed by atoms with Crippen molar-refractivity contribution in [3.63, 3.8) is 0 Å². The number of sulfonamides is 1. The Morgan fingerprint density at radius 2 is 1.70 bits per heavy atom. The van der Waals surface area contributed by atoms with Crippen molar-refractivity contribution in [1.82, 2.24) is 0 Å². The molecule has 0 aliphatic carbocycles. The molecule has 0 unspecified atom stereocenters. The van der Waals surface area contributed by atoms with Gasteiger partial charge in [-0.25, -0.2) is 8.42 Å². The highest BCUT2D eigenvalue weighted by molar-refractivity contribution is 7.92. The summed E-state index contributed by atoms with van der Waals surface area (Å²) in [7, 11) is -2.20. The molecule has 0 fully saturated rings. The molecule has 0 heterocycles. The molecule has 2 aromatic rings. The maximum atomic E-state index is 12.3. The Labute approximate surface area is 119 Å². The van der Waals surface area contributed by atoms with E-state index in [1.807, 2.05) is 19.1 Å². The van der Waals surface area contributed by atoms with E-state index >= 15 is 0 Å². The highest BCUT2D eigenvalue weighted by atomic mass is 32.2. The summed E-state index contributed by atoms with van der Waals surface area (Å²) in [6.07, 6.45) is 0.916. The molecule has 0 radical (unpaired) electrons. The van der Waals surface area contributed by atoms with E-state index in [4.69, 9.17) is 4.74 Å². The van der Waals surface area contributed by atoms with Crippen molar-refractivity contribution in [2.75, 3.05) is 11.8 Å². The average Bonchev–Trinajstić information content (AvgIpc) is 2.47. The van der Waals surface area contributed by atoms with E-state index in [9.17, 15) is 8.42 Å². The number of hydrogen-bond acceptors (Lipinski definition) is 3. The van der Waals surface area contributed by atoms with Gasteiger partial charge in [0.15, 0.2) is 0 Å². The van der Waals surface area contributed by atoms with Gasteiger partial charge in [-0.1, -0.05) is 31.2 Å². The smallest absolute Gasteiger partial charge is 0.265 e. The maximum absolute atomic E-state index is 12.3. The van der Waals surface area contributed by atoms with Gasteiger partial charge in [-0.15, -0.1) is 0 Å². The first-order valence-corrected chi connectivity index (χ1v) is 7.80. The third-order valence-corrected chi connectivity index (χ3v) is 4.39. The van der Waals surface area contributed by atoms with Gasteiger partial charge in [0.25, 0.3) is 10.0 Å². The molecule has 2 rings (SSSR count). The van der Waals surface area contributed by atoms with Crippen molar-refractivity contribution in [1.29, 1.82) is 0 Å². The third kappa shape index (κ3) is 3.11. The molecule has 0 amide bonds. The van der Waals surface area contributed by atoms with Crippen LogP contribution < -0.4 is 9.46 Å². The molecule has 106 valence electrons. The van der Waals surface area contributed by atoms with Crippen molar-refractivity contribution >= 4 is 15.7 Å². The summed E-state index contributed by atoms with van der Waals surface area (Å²) in [5.41, 5.74) is 1.69. The Morgan fingerprint density at radius 3 is 2.30 bits per heavy atom. The van der Waals surface area contributed by atoms with Gasteiger partial charge in [0.05, 0.1) is 7.11 Å². The normalized spacial score (nSPS) is 11.1. The number of aryl methyl sites for hydroxylation is 1. The van der Waals surface area contributed by atoms with E-state index in [0.717, 1.165) is 12.0 Å². The van der Waals surface area contributed by atoms with Gasteiger partial charge in [0, 0.05) is 5.69 Å². The van der Waals surface area contributed by atoms with Crippen LogP contribution in [0.2, 0.25) is 0 Å². The second-order valence-electron chi connectivity index (χ2n) is 4.31. The van der Waals surface area contributed by atoms with Crippen molar-refractivity contribution in [2.45, 2.75) is 18.2 Å². The Kier molecular flexibility index (Phi) is 4.29. The van der Waals surface area contributed by atoms with E-state index in [0.29, 0.717) is 11.4 Å². The molecule has 0 aromatic heterocycles. The fourth-order valence-electron chi connectivity index (χ4n) is 1.86. The number of para-hydroxylation sites is 1. The minimum absolute atomic E-state index is 0.127. The summed E-state index contributed by atoms with van der Waals surface area (Å²) in [5, 5.41) is 0. The minimum Gasteiger partial charge on any atom is -0.495 e. The molecular formula is C15H17NO3S. The summed E-state index contributed by atoms with van der Waals surface area (Å²) < 4.78 is 32.3. The second kappa shape index (κ2) is 5.96. The summed E-state index contributed by atoms with van der Waals surface area (Å²) in [5.74, 6) is 0.324. The lowest BCUT2D eigenvalue weighted by Gasteiger charge is -2.11. The van der Waals surface area contributed by atoms with Crippen LogP contribution in [0.5, 0.6) is 5.75 Å². The fourth-order valence-corrected chi connectivity index (χ4v) is 3.09. The van der Waals surface area contributed by atoms with Gasteiger partial charge in [-0.05, 0) is 36.2 Å². The number of anilines is 1. The molecule has 0 aliphatic heterocycles. The maximum Gasteiger partial charge on any atom is 0.265 e. The first kappa shape index (κ1) is 14.4. The van der Waals surface area contributed by atoms with Gasteiger partial charge in [-0.2, -0.15) is 0 Å². The molecule has 5 heteroatoms. The van der Waals surface area contributed by atoms with Crippen molar-refractivity contribution in [3.8, 4) is 5.75 Å². The molecule has 0 atom stereocenters. The standard InChI is InChI=1S/C15H17NO3S/c1-3-12-8-10-13(11-9-12)16-20(17,18)15-7-5-4-6-14(15)19-2/h4-11,16H,3H2,1-2H3. The molecule has 0 aliphatic rings. The Balaban J connectivity index is 2.30. The number of hydrogen-bond donors (Lipinski definition) is 1. The average molecular weight is 291 g/mol. The van der Waals surface area contributed by atoms with E-state index in [1.165, 1.54) is 13.2 Å². The van der Waals surface area contributed by atoms with E-state index < -0.39 is 10.0 Å². The highest BCUT2D eigenvalue weighted by Crippen LogP contribution is 2.25. The highest BCUT2D eigenvalue weighted by Gasteiger charge is 2.18. The lowest BCUT2D eigenvalue weighted by molar-refractivity contribution is 0.403. The van der Waals surface area contributed by atoms with Gasteiger partial charge < -0.3 is 4.74 Å². The first-order valence-electron chi connectivity index (χ1n) is 6.31. The number of benzene rings is 2. The zero-order chi connectivity index (χ0) is 14.6. The van der Waals surface area contributed by atoms with Crippen molar-refractivity contribution in [2.24, 2.45) is 0 Å². The number of nitrogens with one attached hydrogen (secondary N) is 1. The van der Waals surface area contributed by atoms with Crippen LogP contribution in [0, 0.1) is 0 Å². The van der Waals surface area contributed by atoms with Crippen LogP contribution >= 0.6 is 0 Å². The molecule has 1 N–H and O–H groups in total. The molecule has 4 nitrogen and oxygen atoms in total. The molecule has 0 spiro atoms. The van der Waals surface area contributed by atoms with Crippen molar-refractivity contribution in [3.05, 3.63) is 54.1 Å². The topological polar surface area (TPSA) is 55.4 Å². The Hall–Kier alpha value is -2.01. The molecule has 0 saturated heterocycles. The largest absolute Gasteiger partial charge is 0.495 e. The van der Waals surface area contributed by atoms with Crippen LogP contribution in [0.3, 0.4) is 0 Å². The molecule has 0 saturated carbocycles. The van der Waals surface area contributed by atoms with Gasteiger partial charge in [0.2, 0.25) is 0 Å². The predicted octanol–water partition coefficient (Wildman–Crippen LogP) is 3.06. The number of rotatable bonds is 5. The predicted molar refractivity (Wildman–Crippen MR) is 79.6 cm³/mol. The van der Waals surface area contributed by atoms with E-state index in [1.54, 1.807) is 30.3 Å². The lowest BCUT2D eigenvalue weighted by atomic mass is 10.2. The SMILES string of the molecule is CCc1ccc(NS(=O)(=O)c2ccccc2OC)cc1. The summed E-state index contributed by atoms with van der Waals surface area (Å²) >= 11 is 0. The Morgan fingerprint density at radius 1 is 1.05 bits per heavy atom. The summed E-state index contributed by atoms with van der Waals surface area (Å²) in [6.45, 7) is 2.05. The lowest BCUT2D eigenvalue weighted by Crippen LogP contribution is -2.14.